The van der Waals surface area contributed by atoms with Gasteiger partial charge in [0.1, 0.15) is 11.8 Å². The van der Waals surface area contributed by atoms with Gasteiger partial charge in [-0.15, -0.1) is 0 Å². The monoisotopic (exact) mass is 375 g/mol. The Balaban J connectivity index is 2.93. The quantitative estimate of drug-likeness (QED) is 0.258. The van der Waals surface area contributed by atoms with Crippen LogP contribution in [0.5, 0.6) is 0 Å². The molecular weight excluding hydrogens is 338 g/mol. The molecule has 0 saturated heterocycles. The maximum absolute atomic E-state index is 12.9. The van der Waals surface area contributed by atoms with Crippen molar-refractivity contribution in [3.8, 4) is 0 Å². The van der Waals surface area contributed by atoms with E-state index in [0.717, 1.165) is 30.4 Å². The summed E-state index contributed by atoms with van der Waals surface area (Å²) < 4.78 is 5.38. The van der Waals surface area contributed by atoms with Crippen LogP contribution in [0.15, 0.2) is 24.3 Å². The van der Waals surface area contributed by atoms with E-state index in [2.05, 4.69) is 12.2 Å². The highest BCUT2D eigenvalue weighted by molar-refractivity contribution is 5.88. The molecular formula is C23H37NO3. The van der Waals surface area contributed by atoms with E-state index in [1.807, 2.05) is 38.1 Å². The van der Waals surface area contributed by atoms with Gasteiger partial charge in [0, 0.05) is 11.6 Å². The van der Waals surface area contributed by atoms with Crippen molar-refractivity contribution < 1.29 is 14.3 Å². The van der Waals surface area contributed by atoms with E-state index >= 15 is 0 Å². The molecule has 0 heterocycles. The number of benzene rings is 1. The van der Waals surface area contributed by atoms with Gasteiger partial charge in [0.15, 0.2) is 0 Å². The molecule has 0 saturated carbocycles. The third-order valence-electron chi connectivity index (χ3n) is 5.28. The van der Waals surface area contributed by atoms with E-state index in [4.69, 9.17) is 4.74 Å². The van der Waals surface area contributed by atoms with Gasteiger partial charge in [0.2, 0.25) is 0 Å². The maximum atomic E-state index is 12.9. The Hall–Kier alpha value is -1.84. The van der Waals surface area contributed by atoms with Gasteiger partial charge in [-0.1, -0.05) is 70.1 Å². The molecule has 27 heavy (non-hydrogen) atoms. The number of aldehydes is 1. The molecule has 0 aliphatic rings. The van der Waals surface area contributed by atoms with Crippen molar-refractivity contribution >= 4 is 17.9 Å². The third-order valence-corrected chi connectivity index (χ3v) is 5.28. The molecule has 0 bridgehead atoms. The van der Waals surface area contributed by atoms with Crippen molar-refractivity contribution in [1.29, 1.82) is 0 Å². The summed E-state index contributed by atoms with van der Waals surface area (Å²) in [5.41, 5.74) is 0.972. The van der Waals surface area contributed by atoms with Crippen molar-refractivity contribution in [2.75, 3.05) is 11.9 Å². The predicted molar refractivity (Wildman–Crippen MR) is 112 cm³/mol. The van der Waals surface area contributed by atoms with Crippen LogP contribution in [0.3, 0.4) is 0 Å². The van der Waals surface area contributed by atoms with Gasteiger partial charge in [-0.3, -0.25) is 0 Å². The van der Waals surface area contributed by atoms with Crippen LogP contribution < -0.4 is 5.32 Å². The summed E-state index contributed by atoms with van der Waals surface area (Å²) in [5, 5.41) is 3.36. The fourth-order valence-corrected chi connectivity index (χ4v) is 3.52. The number of carbonyl (C=O) groups excluding carboxylic acids is 2. The molecule has 1 N–H and O–H groups in total. The number of hydrogen-bond acceptors (Lipinski definition) is 4. The van der Waals surface area contributed by atoms with Crippen LogP contribution in [-0.4, -0.2) is 24.4 Å². The number of anilines is 1. The Labute approximate surface area is 165 Å². The van der Waals surface area contributed by atoms with Gasteiger partial charge in [-0.2, -0.15) is 0 Å². The number of unbranched alkanes of at least 4 members (excludes halogenated alkanes) is 5. The molecule has 4 nitrogen and oxygen atoms in total. The molecule has 1 aromatic rings. The van der Waals surface area contributed by atoms with Crippen LogP contribution in [0.4, 0.5) is 5.69 Å². The lowest BCUT2D eigenvalue weighted by molar-refractivity contribution is -0.152. The molecule has 4 heteroatoms. The summed E-state index contributed by atoms with van der Waals surface area (Å²) in [4.78, 5) is 24.9. The van der Waals surface area contributed by atoms with Gasteiger partial charge in [-0.25, -0.2) is 4.79 Å². The topological polar surface area (TPSA) is 55.4 Å². The number of esters is 1. The molecule has 0 aromatic heterocycles. The zero-order chi connectivity index (χ0) is 20.1. The summed E-state index contributed by atoms with van der Waals surface area (Å²) in [6.07, 6.45) is 9.08. The normalized spacial score (nSPS) is 14.2. The van der Waals surface area contributed by atoms with Crippen molar-refractivity contribution in [3.63, 3.8) is 0 Å². The van der Waals surface area contributed by atoms with Crippen molar-refractivity contribution in [2.45, 2.75) is 84.6 Å². The summed E-state index contributed by atoms with van der Waals surface area (Å²) in [6, 6.07) is 7.90. The minimum atomic E-state index is -1.02. The molecule has 1 rings (SSSR count). The minimum absolute atomic E-state index is 0.304. The summed E-state index contributed by atoms with van der Waals surface area (Å²) >= 11 is 0. The molecule has 2 atom stereocenters. The second-order valence-corrected chi connectivity index (χ2v) is 7.34. The van der Waals surface area contributed by atoms with Gasteiger partial charge >= 0.3 is 5.97 Å². The van der Waals surface area contributed by atoms with Gasteiger partial charge in [-0.05, 0) is 38.8 Å². The van der Waals surface area contributed by atoms with Gasteiger partial charge in [0.05, 0.1) is 6.61 Å². The number of ether oxygens (including phenoxy) is 1. The Morgan fingerprint density at radius 1 is 1.07 bits per heavy atom. The molecule has 0 fully saturated rings. The number of carbonyl (C=O) groups is 2. The molecule has 0 radical (unpaired) electrons. The second kappa shape index (κ2) is 12.5. The first-order valence-corrected chi connectivity index (χ1v) is 10.5. The van der Waals surface area contributed by atoms with E-state index < -0.39 is 11.5 Å². The summed E-state index contributed by atoms with van der Waals surface area (Å²) in [5.74, 6) is -0.745. The minimum Gasteiger partial charge on any atom is -0.464 e. The Kier molecular flexibility index (Phi) is 10.8. The van der Waals surface area contributed by atoms with Gasteiger partial charge < -0.3 is 14.8 Å². The first-order chi connectivity index (χ1) is 13.0. The maximum Gasteiger partial charge on any atom is 0.332 e. The zero-order valence-electron chi connectivity index (χ0n) is 17.6. The zero-order valence-corrected chi connectivity index (χ0v) is 17.6. The van der Waals surface area contributed by atoms with Crippen LogP contribution >= 0.6 is 0 Å². The number of hydrogen-bond donors (Lipinski definition) is 1. The van der Waals surface area contributed by atoms with Crippen LogP contribution in [0.25, 0.3) is 0 Å². The second-order valence-electron chi connectivity index (χ2n) is 7.34. The molecule has 0 amide bonds. The first-order valence-electron chi connectivity index (χ1n) is 10.5. The average Bonchev–Trinajstić information content (AvgIpc) is 2.68. The molecule has 0 spiro atoms. The third kappa shape index (κ3) is 7.00. The molecule has 152 valence electrons. The van der Waals surface area contributed by atoms with E-state index in [1.165, 1.54) is 25.7 Å². The van der Waals surface area contributed by atoms with E-state index in [1.54, 1.807) is 6.92 Å². The SMILES string of the molecule is CCCCCCCC[C@H](C=O)[C@](CC)(Nc1ccc(C)cc1)C(=O)OCC. The van der Waals surface area contributed by atoms with E-state index in [0.29, 0.717) is 19.4 Å². The smallest absolute Gasteiger partial charge is 0.332 e. The van der Waals surface area contributed by atoms with Crippen molar-refractivity contribution in [1.82, 2.24) is 0 Å². The summed E-state index contributed by atoms with van der Waals surface area (Å²) in [7, 11) is 0. The predicted octanol–water partition coefficient (Wildman–Crippen LogP) is 5.68. The van der Waals surface area contributed by atoms with E-state index in [-0.39, 0.29) is 5.97 Å². The lowest BCUT2D eigenvalue weighted by Gasteiger charge is -2.37. The number of rotatable bonds is 14. The van der Waals surface area contributed by atoms with Gasteiger partial charge in [0.25, 0.3) is 0 Å². The fraction of sp³-hybridized carbons (Fsp3) is 0.652. The van der Waals surface area contributed by atoms with E-state index in [9.17, 15) is 9.59 Å². The van der Waals surface area contributed by atoms with Crippen LogP contribution in [0.1, 0.15) is 77.7 Å². The van der Waals surface area contributed by atoms with Crippen LogP contribution in [-0.2, 0) is 14.3 Å². The van der Waals surface area contributed by atoms with Crippen molar-refractivity contribution in [3.05, 3.63) is 29.8 Å². The highest BCUT2D eigenvalue weighted by Crippen LogP contribution is 2.31. The fourth-order valence-electron chi connectivity index (χ4n) is 3.52. The Morgan fingerprint density at radius 2 is 1.70 bits per heavy atom. The Bertz CT molecular complexity index is 555. The largest absolute Gasteiger partial charge is 0.464 e. The average molecular weight is 376 g/mol. The highest BCUT2D eigenvalue weighted by atomic mass is 16.5. The van der Waals surface area contributed by atoms with Crippen molar-refractivity contribution in [2.24, 2.45) is 5.92 Å². The molecule has 0 unspecified atom stereocenters. The lowest BCUT2D eigenvalue weighted by atomic mass is 9.78. The standard InChI is InChI=1S/C23H37NO3/c1-5-8-9-10-11-12-13-20(18-25)23(6-2,22(26)27-7-3)24-21-16-14-19(4)15-17-21/h14-18,20,24H,5-13H2,1-4H3/t20-,23+/m1/s1. The molecule has 1 aromatic carbocycles. The molecule has 0 aliphatic heterocycles. The Morgan fingerprint density at radius 3 is 2.26 bits per heavy atom. The number of nitrogens with one attached hydrogen (secondary N) is 1. The van der Waals surface area contributed by atoms with Crippen LogP contribution in [0, 0.1) is 12.8 Å². The first kappa shape index (κ1) is 23.2. The summed E-state index contributed by atoms with van der Waals surface area (Å²) in [6.45, 7) is 8.27. The lowest BCUT2D eigenvalue weighted by Crippen LogP contribution is -2.53. The highest BCUT2D eigenvalue weighted by Gasteiger charge is 2.45. The molecule has 0 aliphatic carbocycles. The number of aryl methyl sites for hydroxylation is 1. The van der Waals surface area contributed by atoms with Crippen LogP contribution in [0.2, 0.25) is 0 Å².